The standard InChI is InChI=1S/C20H25N3O3/c1-13-8-9-22(18(10-13)20(25)26)19(24)17-6-4-16(5-7-17)12-23-15(3)11-14(2)21-23/h4-7,11,13,18H,8-10,12H2,1-3H3,(H,25,26). The number of nitrogens with zero attached hydrogens (tertiary/aromatic N) is 3. The number of aliphatic carboxylic acids is 1. The lowest BCUT2D eigenvalue weighted by atomic mass is 9.92. The molecule has 1 aliphatic rings. The van der Waals surface area contributed by atoms with Crippen LogP contribution in [-0.2, 0) is 11.3 Å². The van der Waals surface area contributed by atoms with Crippen molar-refractivity contribution in [3.63, 3.8) is 0 Å². The lowest BCUT2D eigenvalue weighted by molar-refractivity contribution is -0.144. The highest BCUT2D eigenvalue weighted by Crippen LogP contribution is 2.24. The molecule has 1 aromatic heterocycles. The number of piperidine rings is 1. The summed E-state index contributed by atoms with van der Waals surface area (Å²) in [4.78, 5) is 25.8. The van der Waals surface area contributed by atoms with E-state index < -0.39 is 12.0 Å². The van der Waals surface area contributed by atoms with Gasteiger partial charge in [0.2, 0.25) is 0 Å². The van der Waals surface area contributed by atoms with Crippen LogP contribution in [0.1, 0.15) is 47.1 Å². The van der Waals surface area contributed by atoms with Crippen LogP contribution in [0, 0.1) is 19.8 Å². The first kappa shape index (κ1) is 18.2. The van der Waals surface area contributed by atoms with Crippen LogP contribution in [-0.4, -0.2) is 44.3 Å². The maximum absolute atomic E-state index is 12.8. The zero-order chi connectivity index (χ0) is 18.8. The fourth-order valence-corrected chi connectivity index (χ4v) is 3.55. The minimum Gasteiger partial charge on any atom is -0.480 e. The molecule has 0 radical (unpaired) electrons. The number of hydrogen-bond acceptors (Lipinski definition) is 3. The number of carbonyl (C=O) groups excluding carboxylic acids is 1. The maximum atomic E-state index is 12.8. The molecule has 0 spiro atoms. The van der Waals surface area contributed by atoms with Crippen LogP contribution in [0.15, 0.2) is 30.3 Å². The molecule has 6 nitrogen and oxygen atoms in total. The van der Waals surface area contributed by atoms with Crippen molar-refractivity contribution in [2.75, 3.05) is 6.54 Å². The Bertz CT molecular complexity index is 810. The Balaban J connectivity index is 1.74. The highest BCUT2D eigenvalue weighted by Gasteiger charge is 2.35. The summed E-state index contributed by atoms with van der Waals surface area (Å²) in [5.74, 6) is -0.809. The number of rotatable bonds is 4. The molecule has 1 amide bonds. The van der Waals surface area contributed by atoms with Crippen molar-refractivity contribution < 1.29 is 14.7 Å². The first-order chi connectivity index (χ1) is 12.3. The lowest BCUT2D eigenvalue weighted by Gasteiger charge is -2.36. The second-order valence-electron chi connectivity index (χ2n) is 7.26. The van der Waals surface area contributed by atoms with Crippen molar-refractivity contribution in [3.05, 3.63) is 52.8 Å². The number of carboxylic acid groups (broad SMARTS) is 1. The predicted molar refractivity (Wildman–Crippen MR) is 98.1 cm³/mol. The van der Waals surface area contributed by atoms with Crippen molar-refractivity contribution in [3.8, 4) is 0 Å². The number of amides is 1. The molecule has 1 saturated heterocycles. The minimum atomic E-state index is -0.925. The van der Waals surface area contributed by atoms with Crippen molar-refractivity contribution in [2.24, 2.45) is 5.92 Å². The normalized spacial score (nSPS) is 20.2. The van der Waals surface area contributed by atoms with Gasteiger partial charge in [-0.2, -0.15) is 5.10 Å². The van der Waals surface area contributed by atoms with Gasteiger partial charge in [0.05, 0.1) is 12.2 Å². The molecule has 2 unspecified atom stereocenters. The van der Waals surface area contributed by atoms with E-state index in [0.29, 0.717) is 31.0 Å². The van der Waals surface area contributed by atoms with E-state index in [2.05, 4.69) is 5.10 Å². The van der Waals surface area contributed by atoms with Gasteiger partial charge in [-0.15, -0.1) is 0 Å². The van der Waals surface area contributed by atoms with Crippen molar-refractivity contribution in [1.82, 2.24) is 14.7 Å². The highest BCUT2D eigenvalue weighted by molar-refractivity contribution is 5.96. The average molecular weight is 355 g/mol. The largest absolute Gasteiger partial charge is 0.480 e. The fourth-order valence-electron chi connectivity index (χ4n) is 3.55. The van der Waals surface area contributed by atoms with E-state index in [1.54, 1.807) is 12.1 Å². The second-order valence-corrected chi connectivity index (χ2v) is 7.26. The van der Waals surface area contributed by atoms with Gasteiger partial charge in [-0.1, -0.05) is 19.1 Å². The van der Waals surface area contributed by atoms with Gasteiger partial charge in [0.15, 0.2) is 0 Å². The maximum Gasteiger partial charge on any atom is 0.326 e. The van der Waals surface area contributed by atoms with Gasteiger partial charge >= 0.3 is 5.97 Å². The van der Waals surface area contributed by atoms with Gasteiger partial charge in [-0.05, 0) is 56.4 Å². The summed E-state index contributed by atoms with van der Waals surface area (Å²) in [5, 5.41) is 13.9. The minimum absolute atomic E-state index is 0.207. The molecular formula is C20H25N3O3. The van der Waals surface area contributed by atoms with Gasteiger partial charge in [0, 0.05) is 17.8 Å². The van der Waals surface area contributed by atoms with Gasteiger partial charge in [0.25, 0.3) is 5.91 Å². The Kier molecular flexibility index (Phi) is 5.11. The topological polar surface area (TPSA) is 75.4 Å². The Morgan fingerprint density at radius 3 is 2.50 bits per heavy atom. The van der Waals surface area contributed by atoms with E-state index in [-0.39, 0.29) is 5.91 Å². The quantitative estimate of drug-likeness (QED) is 0.915. The van der Waals surface area contributed by atoms with Gasteiger partial charge in [0.1, 0.15) is 6.04 Å². The molecule has 6 heteroatoms. The molecule has 1 fully saturated rings. The molecule has 1 aliphatic heterocycles. The predicted octanol–water partition coefficient (Wildman–Crippen LogP) is 2.87. The van der Waals surface area contributed by atoms with Crippen LogP contribution >= 0.6 is 0 Å². The van der Waals surface area contributed by atoms with Crippen LogP contribution in [0.25, 0.3) is 0 Å². The third-order valence-electron chi connectivity index (χ3n) is 5.05. The lowest BCUT2D eigenvalue weighted by Crippen LogP contribution is -2.49. The number of aryl methyl sites for hydroxylation is 2. The summed E-state index contributed by atoms with van der Waals surface area (Å²) in [6.45, 7) is 7.15. The van der Waals surface area contributed by atoms with E-state index in [1.807, 2.05) is 43.7 Å². The highest BCUT2D eigenvalue weighted by atomic mass is 16.4. The van der Waals surface area contributed by atoms with Gasteiger partial charge in [-0.3, -0.25) is 9.48 Å². The number of carboxylic acids is 1. The van der Waals surface area contributed by atoms with Crippen molar-refractivity contribution >= 4 is 11.9 Å². The first-order valence-electron chi connectivity index (χ1n) is 8.99. The molecule has 0 saturated carbocycles. The Morgan fingerprint density at radius 1 is 1.23 bits per heavy atom. The summed E-state index contributed by atoms with van der Waals surface area (Å²) in [6, 6.07) is 8.67. The molecule has 2 atom stereocenters. The summed E-state index contributed by atoms with van der Waals surface area (Å²) >= 11 is 0. The first-order valence-corrected chi connectivity index (χ1v) is 8.99. The molecule has 1 N–H and O–H groups in total. The molecule has 26 heavy (non-hydrogen) atoms. The van der Waals surface area contributed by atoms with Crippen LogP contribution in [0.2, 0.25) is 0 Å². The second kappa shape index (κ2) is 7.32. The molecule has 2 aromatic rings. The zero-order valence-electron chi connectivity index (χ0n) is 15.5. The monoisotopic (exact) mass is 355 g/mol. The van der Waals surface area contributed by atoms with E-state index >= 15 is 0 Å². The van der Waals surface area contributed by atoms with Crippen LogP contribution in [0.5, 0.6) is 0 Å². The summed E-state index contributed by atoms with van der Waals surface area (Å²) < 4.78 is 1.93. The summed E-state index contributed by atoms with van der Waals surface area (Å²) in [5.41, 5.74) is 3.65. The van der Waals surface area contributed by atoms with Gasteiger partial charge in [-0.25, -0.2) is 4.79 Å². The van der Waals surface area contributed by atoms with Crippen molar-refractivity contribution in [2.45, 2.75) is 46.2 Å². The Hall–Kier alpha value is -2.63. The third kappa shape index (κ3) is 3.79. The molecule has 0 bridgehead atoms. The molecule has 1 aromatic carbocycles. The molecular weight excluding hydrogens is 330 g/mol. The van der Waals surface area contributed by atoms with Crippen LogP contribution in [0.3, 0.4) is 0 Å². The number of benzene rings is 1. The summed E-state index contributed by atoms with van der Waals surface area (Å²) in [6.07, 6.45) is 1.35. The number of aromatic nitrogens is 2. The third-order valence-corrected chi connectivity index (χ3v) is 5.05. The number of likely N-dealkylation sites (tertiary alicyclic amines) is 1. The summed E-state index contributed by atoms with van der Waals surface area (Å²) in [7, 11) is 0. The van der Waals surface area contributed by atoms with Crippen LogP contribution < -0.4 is 0 Å². The molecule has 0 aliphatic carbocycles. The van der Waals surface area contributed by atoms with Crippen molar-refractivity contribution in [1.29, 1.82) is 0 Å². The molecule has 138 valence electrons. The number of hydrogen-bond donors (Lipinski definition) is 1. The average Bonchev–Trinajstić information content (AvgIpc) is 2.92. The van der Waals surface area contributed by atoms with E-state index in [0.717, 1.165) is 23.4 Å². The van der Waals surface area contributed by atoms with Crippen LogP contribution in [0.4, 0.5) is 0 Å². The smallest absolute Gasteiger partial charge is 0.326 e. The Morgan fingerprint density at radius 2 is 1.92 bits per heavy atom. The zero-order valence-corrected chi connectivity index (χ0v) is 15.5. The van der Waals surface area contributed by atoms with Gasteiger partial charge < -0.3 is 10.0 Å². The Labute approximate surface area is 153 Å². The number of carbonyl (C=O) groups is 2. The molecule has 2 heterocycles. The van der Waals surface area contributed by atoms with E-state index in [1.165, 1.54) is 4.90 Å². The fraction of sp³-hybridized carbons (Fsp3) is 0.450. The van der Waals surface area contributed by atoms with E-state index in [9.17, 15) is 14.7 Å². The van der Waals surface area contributed by atoms with E-state index in [4.69, 9.17) is 0 Å². The SMILES string of the molecule is Cc1cc(C)n(Cc2ccc(C(=O)N3CCC(C)CC3C(=O)O)cc2)n1. The molecule has 3 rings (SSSR count).